The molecule has 0 bridgehead atoms. The molecule has 1 atom stereocenters. The Morgan fingerprint density at radius 3 is 2.51 bits per heavy atom. The van der Waals surface area contributed by atoms with Crippen molar-refractivity contribution in [1.29, 1.82) is 0 Å². The number of hydrogen-bond acceptors (Lipinski definition) is 7. The maximum atomic E-state index is 11.5. The minimum Gasteiger partial charge on any atom is -0.662 e. The largest absolute Gasteiger partial charge is 0.662 e. The molecular weight excluding hydrogens is 550 g/mol. The summed E-state index contributed by atoms with van der Waals surface area (Å²) in [6, 6.07) is 16.6. The van der Waals surface area contributed by atoms with E-state index in [9.17, 15) is 25.2 Å². The van der Waals surface area contributed by atoms with Gasteiger partial charge in [-0.2, -0.15) is 5.69 Å². The molecule has 2 heterocycles. The number of ether oxygens (including phenoxy) is 3. The van der Waals surface area contributed by atoms with Gasteiger partial charge in [-0.15, -0.1) is 5.69 Å². The van der Waals surface area contributed by atoms with Gasteiger partial charge in [-0.3, -0.25) is 4.79 Å². The first-order valence-corrected chi connectivity index (χ1v) is 14.4. The van der Waals surface area contributed by atoms with Gasteiger partial charge in [0.2, 0.25) is 5.75 Å². The van der Waals surface area contributed by atoms with Crippen molar-refractivity contribution in [2.75, 3.05) is 20.3 Å². The lowest BCUT2D eigenvalue weighted by Crippen LogP contribution is -2.24. The zero-order valence-corrected chi connectivity index (χ0v) is 24.3. The monoisotopic (exact) mass is 587 g/mol. The highest BCUT2D eigenvalue weighted by molar-refractivity contribution is 6.05. The number of aliphatic hydroxyl groups excluding tert-OH is 2. The second kappa shape index (κ2) is 13.2. The highest BCUT2D eigenvalue weighted by Gasteiger charge is 2.40. The number of carbonyl (C=O) groups excluding carboxylic acids is 1. The Hall–Kier alpha value is -4.47. The summed E-state index contributed by atoms with van der Waals surface area (Å²) in [7, 11) is 1.42. The van der Waals surface area contributed by atoms with Gasteiger partial charge in [0.1, 0.15) is 24.0 Å². The first kappa shape index (κ1) is 30.0. The molecule has 9 nitrogen and oxygen atoms in total. The third kappa shape index (κ3) is 6.18. The average Bonchev–Trinajstić information content (AvgIpc) is 3.45. The summed E-state index contributed by atoms with van der Waals surface area (Å²) >= 11 is 0. The van der Waals surface area contributed by atoms with Crippen LogP contribution in [0.2, 0.25) is 0 Å². The number of aryl methyl sites for hydroxylation is 2. The van der Waals surface area contributed by atoms with Crippen molar-refractivity contribution >= 4 is 5.78 Å². The summed E-state index contributed by atoms with van der Waals surface area (Å²) in [5.74, 6) is 0.528. The van der Waals surface area contributed by atoms with E-state index in [-0.39, 0.29) is 55.0 Å². The van der Waals surface area contributed by atoms with Crippen molar-refractivity contribution in [2.45, 2.75) is 51.7 Å². The maximum Gasteiger partial charge on any atom is 0.335 e. The van der Waals surface area contributed by atoms with Gasteiger partial charge in [-0.25, -0.2) is 0 Å². The summed E-state index contributed by atoms with van der Waals surface area (Å²) in [5.41, 5.74) is 5.92. The second-order valence-electron chi connectivity index (χ2n) is 10.5. The number of fused-ring (bicyclic) bond motifs is 1. The molecule has 5 N–H and O–H groups in total. The van der Waals surface area contributed by atoms with Crippen LogP contribution in [0.5, 0.6) is 28.7 Å². The quantitative estimate of drug-likeness (QED) is 0.137. The van der Waals surface area contributed by atoms with Crippen molar-refractivity contribution in [2.24, 2.45) is 0 Å². The van der Waals surface area contributed by atoms with Crippen LogP contribution in [-0.2, 0) is 25.9 Å². The molecule has 5 rings (SSSR count). The van der Waals surface area contributed by atoms with Crippen LogP contribution >= 0.6 is 0 Å². The standard InChI is InChI=1S/C34H36NO8/c1-3-23-17-26(27(19-37)35-23)22-7-4-6-20(16-22)8-13-25-31(40)34(41-2)33(42-15-5-14-36)30-28(39)18-29(43-32(25)30)21-9-11-24(38)12-10-21/h4,6-7,9-12,16-17,29,36-38H,3,5,8,13-15,18-19H2,1-2H3,(H,39,40)/q-1/p+1. The number of aromatic hydroxyl groups is 2. The Morgan fingerprint density at radius 2 is 1.81 bits per heavy atom. The number of phenolic OH excluding ortho intramolecular Hbond substituents is 2. The topological polar surface area (TPSA) is 144 Å². The summed E-state index contributed by atoms with van der Waals surface area (Å²) in [4.78, 5) is 15.9. The lowest BCUT2D eigenvalue weighted by molar-refractivity contribution is 0.192. The SMILES string of the molecule is CCc1cc(-c2cccc(CCc3c(O)c(OC)c(OCCCO)c4c3OC(c3ccc(O)cc3)CC4=[OH+])c2)c(CO)[n-]1. The van der Waals surface area contributed by atoms with Crippen molar-refractivity contribution in [3.63, 3.8) is 0 Å². The van der Waals surface area contributed by atoms with E-state index in [2.05, 4.69) is 4.98 Å². The van der Waals surface area contributed by atoms with Gasteiger partial charge in [-0.05, 0) is 47.2 Å². The van der Waals surface area contributed by atoms with E-state index >= 15 is 0 Å². The molecule has 1 aliphatic rings. The van der Waals surface area contributed by atoms with E-state index in [4.69, 9.17) is 14.2 Å². The predicted octanol–water partition coefficient (Wildman–Crippen LogP) is 4.75. The van der Waals surface area contributed by atoms with Crippen molar-refractivity contribution < 1.29 is 39.4 Å². The Kier molecular flexibility index (Phi) is 9.23. The van der Waals surface area contributed by atoms with Gasteiger partial charge in [0.05, 0.1) is 13.7 Å². The Labute approximate surface area is 250 Å². The fourth-order valence-corrected chi connectivity index (χ4v) is 5.48. The Balaban J connectivity index is 1.53. The number of nitrogens with zero attached hydrogens (tertiary/aromatic N) is 1. The lowest BCUT2D eigenvalue weighted by Gasteiger charge is -2.28. The van der Waals surface area contributed by atoms with Crippen molar-refractivity contribution in [3.05, 3.63) is 88.2 Å². The van der Waals surface area contributed by atoms with Gasteiger partial charge in [0, 0.05) is 25.2 Å². The summed E-state index contributed by atoms with van der Waals surface area (Å²) in [6.07, 6.45) is 1.58. The minimum atomic E-state index is -0.567. The van der Waals surface area contributed by atoms with Crippen LogP contribution in [0.25, 0.3) is 11.1 Å². The van der Waals surface area contributed by atoms with E-state index in [0.29, 0.717) is 41.8 Å². The molecule has 226 valence electrons. The number of hydrogen-bond donors (Lipinski definition) is 4. The van der Waals surface area contributed by atoms with Crippen molar-refractivity contribution in [3.8, 4) is 39.9 Å². The molecule has 43 heavy (non-hydrogen) atoms. The average molecular weight is 588 g/mol. The van der Waals surface area contributed by atoms with Gasteiger partial charge in [0.25, 0.3) is 0 Å². The maximum absolute atomic E-state index is 11.5. The first-order valence-electron chi connectivity index (χ1n) is 14.4. The van der Waals surface area contributed by atoms with E-state index in [0.717, 1.165) is 34.4 Å². The molecule has 1 aliphatic heterocycles. The number of aliphatic hydroxyl groups is 2. The van der Waals surface area contributed by atoms with E-state index in [1.54, 1.807) is 24.3 Å². The van der Waals surface area contributed by atoms with Gasteiger partial charge in [0.15, 0.2) is 17.1 Å². The fraction of sp³-hybridized carbons (Fsp3) is 0.324. The number of rotatable bonds is 12. The van der Waals surface area contributed by atoms with Crippen LogP contribution in [0.15, 0.2) is 54.6 Å². The predicted molar refractivity (Wildman–Crippen MR) is 162 cm³/mol. The minimum absolute atomic E-state index is 0.0202. The Morgan fingerprint density at radius 1 is 1.02 bits per heavy atom. The van der Waals surface area contributed by atoms with E-state index < -0.39 is 6.10 Å². The third-order valence-electron chi connectivity index (χ3n) is 7.69. The number of phenols is 2. The fourth-order valence-electron chi connectivity index (χ4n) is 5.48. The van der Waals surface area contributed by atoms with Crippen LogP contribution in [0.3, 0.4) is 0 Å². The van der Waals surface area contributed by atoms with E-state index in [1.807, 2.05) is 37.3 Å². The molecule has 1 unspecified atom stereocenters. The molecule has 0 fully saturated rings. The first-order chi connectivity index (χ1) is 20.9. The van der Waals surface area contributed by atoms with Crippen LogP contribution in [-0.4, -0.2) is 51.3 Å². The summed E-state index contributed by atoms with van der Waals surface area (Å²) in [6.45, 7) is 1.94. The third-order valence-corrected chi connectivity index (χ3v) is 7.69. The smallest absolute Gasteiger partial charge is 0.335 e. The molecule has 4 aromatic rings. The van der Waals surface area contributed by atoms with Crippen molar-refractivity contribution in [1.82, 2.24) is 4.98 Å². The molecule has 1 aromatic heterocycles. The molecule has 0 radical (unpaired) electrons. The highest BCUT2D eigenvalue weighted by Crippen LogP contribution is 2.52. The van der Waals surface area contributed by atoms with Crippen LogP contribution in [0, 0.1) is 0 Å². The lowest BCUT2D eigenvalue weighted by atomic mass is 9.90. The van der Waals surface area contributed by atoms with Crippen LogP contribution < -0.4 is 19.2 Å². The number of benzene rings is 3. The Bertz CT molecular complexity index is 1590. The molecule has 0 aliphatic carbocycles. The molecule has 0 saturated carbocycles. The zero-order valence-electron chi connectivity index (χ0n) is 24.3. The van der Waals surface area contributed by atoms with Gasteiger partial charge < -0.3 is 39.6 Å². The summed E-state index contributed by atoms with van der Waals surface area (Å²) < 4.78 is 18.0. The number of ketones is 1. The normalized spacial score (nSPS) is 14.3. The molecule has 0 amide bonds. The molecular formula is C34H37NO8. The zero-order chi connectivity index (χ0) is 30.5. The van der Waals surface area contributed by atoms with Gasteiger partial charge in [-0.1, -0.05) is 55.8 Å². The summed E-state index contributed by atoms with van der Waals surface area (Å²) in [5, 5.41) is 40.4. The highest BCUT2D eigenvalue weighted by atomic mass is 16.5. The molecule has 0 spiro atoms. The van der Waals surface area contributed by atoms with E-state index in [1.165, 1.54) is 7.11 Å². The second-order valence-corrected chi connectivity index (χ2v) is 10.5. The van der Waals surface area contributed by atoms with Gasteiger partial charge >= 0.3 is 5.78 Å². The van der Waals surface area contributed by atoms with Crippen LogP contribution in [0.1, 0.15) is 59.5 Å². The molecule has 0 saturated heterocycles. The molecule has 9 heteroatoms. The molecule has 3 aromatic carbocycles. The van der Waals surface area contributed by atoms with Crippen LogP contribution in [0.4, 0.5) is 0 Å². The number of methoxy groups -OCH3 is 1. The number of aromatic nitrogens is 1.